The summed E-state index contributed by atoms with van der Waals surface area (Å²) in [6, 6.07) is 8.64. The lowest BCUT2D eigenvalue weighted by molar-refractivity contribution is 0.284. The summed E-state index contributed by atoms with van der Waals surface area (Å²) in [7, 11) is 0.824. The molecule has 0 aliphatic carbocycles. The molecule has 0 saturated carbocycles. The van der Waals surface area contributed by atoms with Gasteiger partial charge in [-0.1, -0.05) is 33.0 Å². The Kier molecular flexibility index (Phi) is 7.41. The van der Waals surface area contributed by atoms with E-state index in [0.717, 1.165) is 41.0 Å². The van der Waals surface area contributed by atoms with Crippen molar-refractivity contribution in [2.45, 2.75) is 25.7 Å². The standard InChI is InChI=1S/C13H22NOP/c1-16-14-10-9-13-7-3-2-6-12(13)8-4-5-11-15/h2-3,6-7,14-16H,4-5,8-11H2,1H3. The Bertz CT molecular complexity index is 262. The zero-order valence-corrected chi connectivity index (χ0v) is 11.0. The van der Waals surface area contributed by atoms with E-state index in [0.29, 0.717) is 6.61 Å². The summed E-state index contributed by atoms with van der Waals surface area (Å²) in [6.45, 7) is 3.53. The fourth-order valence-electron chi connectivity index (χ4n) is 1.79. The second kappa shape index (κ2) is 8.69. The van der Waals surface area contributed by atoms with Crippen molar-refractivity contribution in [1.82, 2.24) is 5.09 Å². The number of aliphatic hydroxyl groups is 1. The molecule has 0 aromatic heterocycles. The Hall–Kier alpha value is -0.430. The fourth-order valence-corrected chi connectivity index (χ4v) is 2.17. The van der Waals surface area contributed by atoms with Crippen LogP contribution in [0.2, 0.25) is 0 Å². The van der Waals surface area contributed by atoms with E-state index in [9.17, 15) is 0 Å². The van der Waals surface area contributed by atoms with Crippen molar-refractivity contribution in [3.8, 4) is 0 Å². The first-order valence-electron chi connectivity index (χ1n) is 5.95. The molecule has 1 atom stereocenters. The van der Waals surface area contributed by atoms with E-state index in [2.05, 4.69) is 36.0 Å². The first-order chi connectivity index (χ1) is 7.88. The Morgan fingerprint density at radius 1 is 1.12 bits per heavy atom. The molecule has 16 heavy (non-hydrogen) atoms. The van der Waals surface area contributed by atoms with Gasteiger partial charge in [-0.05, 0) is 43.5 Å². The molecule has 0 radical (unpaired) electrons. The van der Waals surface area contributed by atoms with Gasteiger partial charge < -0.3 is 5.11 Å². The van der Waals surface area contributed by atoms with Crippen LogP contribution in [0.3, 0.4) is 0 Å². The van der Waals surface area contributed by atoms with Gasteiger partial charge in [-0.15, -0.1) is 0 Å². The van der Waals surface area contributed by atoms with E-state index in [1.54, 1.807) is 0 Å². The van der Waals surface area contributed by atoms with E-state index in [4.69, 9.17) is 5.11 Å². The molecule has 0 amide bonds. The molecule has 1 aromatic carbocycles. The summed E-state index contributed by atoms with van der Waals surface area (Å²) in [6.07, 6.45) is 4.18. The summed E-state index contributed by atoms with van der Waals surface area (Å²) in [5.41, 5.74) is 2.89. The molecule has 0 heterocycles. The van der Waals surface area contributed by atoms with Crippen LogP contribution in [0.1, 0.15) is 24.0 Å². The van der Waals surface area contributed by atoms with Crippen LogP contribution in [0, 0.1) is 0 Å². The van der Waals surface area contributed by atoms with Gasteiger partial charge in [-0.2, -0.15) is 0 Å². The summed E-state index contributed by atoms with van der Waals surface area (Å²) in [5.74, 6) is 0. The van der Waals surface area contributed by atoms with Gasteiger partial charge in [-0.25, -0.2) is 0 Å². The molecule has 1 unspecified atom stereocenters. The van der Waals surface area contributed by atoms with Crippen LogP contribution in [0.5, 0.6) is 0 Å². The molecule has 1 rings (SSSR count). The molecule has 0 saturated heterocycles. The number of rotatable bonds is 8. The van der Waals surface area contributed by atoms with E-state index in [-0.39, 0.29) is 0 Å². The van der Waals surface area contributed by atoms with Gasteiger partial charge in [0.15, 0.2) is 0 Å². The molecule has 1 aromatic rings. The molecular formula is C13H22NOP. The lowest BCUT2D eigenvalue weighted by Crippen LogP contribution is -2.08. The van der Waals surface area contributed by atoms with Crippen LogP contribution >= 0.6 is 8.73 Å². The minimum absolute atomic E-state index is 0.306. The summed E-state index contributed by atoms with van der Waals surface area (Å²) >= 11 is 0. The number of hydrogen-bond acceptors (Lipinski definition) is 2. The number of nitrogens with one attached hydrogen (secondary N) is 1. The number of hydrogen-bond donors (Lipinski definition) is 2. The van der Waals surface area contributed by atoms with Crippen LogP contribution in [0.15, 0.2) is 24.3 Å². The maximum Gasteiger partial charge on any atom is 0.0431 e. The Morgan fingerprint density at radius 3 is 2.44 bits per heavy atom. The minimum Gasteiger partial charge on any atom is -0.396 e. The van der Waals surface area contributed by atoms with Crippen LogP contribution in [0.25, 0.3) is 0 Å². The zero-order chi connectivity index (χ0) is 11.6. The van der Waals surface area contributed by atoms with Gasteiger partial charge in [-0.3, -0.25) is 5.09 Å². The van der Waals surface area contributed by atoms with Gasteiger partial charge in [0.2, 0.25) is 0 Å². The lowest BCUT2D eigenvalue weighted by Gasteiger charge is -2.09. The lowest BCUT2D eigenvalue weighted by atomic mass is 10.00. The maximum absolute atomic E-state index is 8.78. The molecule has 0 aliphatic heterocycles. The van der Waals surface area contributed by atoms with E-state index in [1.807, 2.05) is 0 Å². The monoisotopic (exact) mass is 239 g/mol. The predicted molar refractivity (Wildman–Crippen MR) is 72.4 cm³/mol. The van der Waals surface area contributed by atoms with Crippen molar-refractivity contribution >= 4 is 8.73 Å². The predicted octanol–water partition coefficient (Wildman–Crippen LogP) is 2.36. The summed E-state index contributed by atoms with van der Waals surface area (Å²) < 4.78 is 0. The van der Waals surface area contributed by atoms with Crippen LogP contribution < -0.4 is 5.09 Å². The van der Waals surface area contributed by atoms with Crippen molar-refractivity contribution in [3.05, 3.63) is 35.4 Å². The van der Waals surface area contributed by atoms with E-state index < -0.39 is 0 Å². The molecule has 2 nitrogen and oxygen atoms in total. The third kappa shape index (κ3) is 5.07. The van der Waals surface area contributed by atoms with E-state index in [1.165, 1.54) is 11.1 Å². The van der Waals surface area contributed by atoms with Gasteiger partial charge in [0.1, 0.15) is 0 Å². The highest BCUT2D eigenvalue weighted by atomic mass is 31.1. The normalized spacial score (nSPS) is 11.4. The van der Waals surface area contributed by atoms with Gasteiger partial charge in [0.25, 0.3) is 0 Å². The molecule has 0 bridgehead atoms. The largest absolute Gasteiger partial charge is 0.396 e. The first kappa shape index (κ1) is 13.6. The number of benzene rings is 1. The van der Waals surface area contributed by atoms with Gasteiger partial charge in [0, 0.05) is 13.2 Å². The highest BCUT2D eigenvalue weighted by Crippen LogP contribution is 2.13. The second-order valence-electron chi connectivity index (χ2n) is 3.88. The Labute approximate surface area is 100 Å². The molecule has 0 spiro atoms. The first-order valence-corrected chi connectivity index (χ1v) is 7.45. The van der Waals surface area contributed by atoms with Crippen LogP contribution in [-0.2, 0) is 12.8 Å². The quantitative estimate of drug-likeness (QED) is 0.539. The molecule has 2 N–H and O–H groups in total. The van der Waals surface area contributed by atoms with Crippen LogP contribution in [-0.4, -0.2) is 24.9 Å². The smallest absolute Gasteiger partial charge is 0.0431 e. The van der Waals surface area contributed by atoms with E-state index >= 15 is 0 Å². The summed E-state index contributed by atoms with van der Waals surface area (Å²) in [5, 5.41) is 12.2. The van der Waals surface area contributed by atoms with Crippen molar-refractivity contribution < 1.29 is 5.11 Å². The highest BCUT2D eigenvalue weighted by Gasteiger charge is 2.00. The molecular weight excluding hydrogens is 217 g/mol. The second-order valence-corrected chi connectivity index (χ2v) is 4.73. The zero-order valence-electron chi connectivity index (χ0n) is 10.00. The number of aliphatic hydroxyl groups excluding tert-OH is 1. The average molecular weight is 239 g/mol. The maximum atomic E-state index is 8.78. The highest BCUT2D eigenvalue weighted by molar-refractivity contribution is 7.34. The van der Waals surface area contributed by atoms with Crippen molar-refractivity contribution in [3.63, 3.8) is 0 Å². The molecule has 0 aliphatic rings. The third-order valence-electron chi connectivity index (χ3n) is 2.67. The Morgan fingerprint density at radius 2 is 1.81 bits per heavy atom. The van der Waals surface area contributed by atoms with Crippen molar-refractivity contribution in [1.29, 1.82) is 0 Å². The van der Waals surface area contributed by atoms with Gasteiger partial charge in [0.05, 0.1) is 0 Å². The topological polar surface area (TPSA) is 32.3 Å². The summed E-state index contributed by atoms with van der Waals surface area (Å²) in [4.78, 5) is 0. The molecule has 3 heteroatoms. The fraction of sp³-hybridized carbons (Fsp3) is 0.538. The van der Waals surface area contributed by atoms with Crippen molar-refractivity contribution in [2.75, 3.05) is 19.8 Å². The molecule has 0 fully saturated rings. The van der Waals surface area contributed by atoms with Crippen molar-refractivity contribution in [2.24, 2.45) is 0 Å². The Balaban J connectivity index is 2.46. The van der Waals surface area contributed by atoms with Crippen LogP contribution in [0.4, 0.5) is 0 Å². The SMILES string of the molecule is CPNCCc1ccccc1CCCCO. The number of unbranched alkanes of at least 4 members (excludes halogenated alkanes) is 1. The minimum atomic E-state index is 0.306. The third-order valence-corrected chi connectivity index (χ3v) is 3.27. The molecule has 90 valence electrons. The average Bonchev–Trinajstić information content (AvgIpc) is 2.32. The number of aryl methyl sites for hydroxylation is 1. The van der Waals surface area contributed by atoms with Gasteiger partial charge >= 0.3 is 0 Å².